The molecule has 11 heteroatoms. The molecule has 0 saturated carbocycles. The second-order valence-corrected chi connectivity index (χ2v) is 9.91. The lowest BCUT2D eigenvalue weighted by atomic mass is 10.2. The number of hydrogen-bond acceptors (Lipinski definition) is 6. The number of carbonyl (C=O) groups excluding carboxylic acids is 1. The molecule has 2 heterocycles. The SMILES string of the molecule is CN1CCN(S(=O)(=O)c2ccc(NC(=O)CCn3[nH]c(=O)c4ccccc4c3=O)cc2)CC1. The molecule has 1 aliphatic heterocycles. The molecular formula is C22H25N5O5S. The minimum absolute atomic E-state index is 0.000605. The number of aromatic nitrogens is 2. The van der Waals surface area contributed by atoms with Crippen molar-refractivity contribution in [2.45, 2.75) is 17.9 Å². The van der Waals surface area contributed by atoms with Crippen molar-refractivity contribution in [3.8, 4) is 0 Å². The third-order valence-corrected chi connectivity index (χ3v) is 7.60. The average Bonchev–Trinajstić information content (AvgIpc) is 2.81. The molecule has 2 aromatic carbocycles. The maximum absolute atomic E-state index is 12.8. The van der Waals surface area contributed by atoms with Gasteiger partial charge in [-0.2, -0.15) is 4.31 Å². The molecular weight excluding hydrogens is 446 g/mol. The average molecular weight is 472 g/mol. The van der Waals surface area contributed by atoms with E-state index in [1.165, 1.54) is 28.6 Å². The van der Waals surface area contributed by atoms with Crippen molar-refractivity contribution in [2.24, 2.45) is 0 Å². The standard InChI is InChI=1S/C22H25N5O5S/c1-25-12-14-26(15-13-25)33(31,32)17-8-6-16(7-9-17)23-20(28)10-11-27-22(30)19-5-3-2-4-18(19)21(29)24-27/h2-9H,10-15H2,1H3,(H,23,28)(H,24,29). The summed E-state index contributed by atoms with van der Waals surface area (Å²) >= 11 is 0. The number of aromatic amines is 1. The number of rotatable bonds is 6. The predicted molar refractivity (Wildman–Crippen MR) is 125 cm³/mol. The van der Waals surface area contributed by atoms with E-state index < -0.39 is 15.6 Å². The molecule has 1 fully saturated rings. The van der Waals surface area contributed by atoms with E-state index in [9.17, 15) is 22.8 Å². The van der Waals surface area contributed by atoms with Crippen LogP contribution < -0.4 is 16.4 Å². The molecule has 1 aromatic heterocycles. The zero-order valence-corrected chi connectivity index (χ0v) is 19.0. The molecule has 174 valence electrons. The van der Waals surface area contributed by atoms with Crippen molar-refractivity contribution in [3.05, 3.63) is 69.2 Å². The van der Waals surface area contributed by atoms with Crippen molar-refractivity contribution in [1.29, 1.82) is 0 Å². The highest BCUT2D eigenvalue weighted by Crippen LogP contribution is 2.19. The quantitative estimate of drug-likeness (QED) is 0.544. The predicted octanol–water partition coefficient (Wildman–Crippen LogP) is 0.655. The maximum Gasteiger partial charge on any atom is 0.273 e. The minimum Gasteiger partial charge on any atom is -0.326 e. The summed E-state index contributed by atoms with van der Waals surface area (Å²) in [7, 11) is -1.63. The molecule has 33 heavy (non-hydrogen) atoms. The Bertz CT molecular complexity index is 1390. The molecule has 0 aliphatic carbocycles. The molecule has 0 unspecified atom stereocenters. The Morgan fingerprint density at radius 2 is 1.61 bits per heavy atom. The number of nitrogens with one attached hydrogen (secondary N) is 2. The first-order valence-electron chi connectivity index (χ1n) is 10.6. The third-order valence-electron chi connectivity index (χ3n) is 5.68. The lowest BCUT2D eigenvalue weighted by molar-refractivity contribution is -0.116. The lowest BCUT2D eigenvalue weighted by Gasteiger charge is -2.31. The molecule has 0 atom stereocenters. The van der Waals surface area contributed by atoms with Crippen LogP contribution in [0.1, 0.15) is 6.42 Å². The maximum atomic E-state index is 12.8. The summed E-state index contributed by atoms with van der Waals surface area (Å²) in [6.45, 7) is 2.24. The van der Waals surface area contributed by atoms with Crippen molar-refractivity contribution < 1.29 is 13.2 Å². The molecule has 0 spiro atoms. The second-order valence-electron chi connectivity index (χ2n) is 7.97. The van der Waals surface area contributed by atoms with E-state index >= 15 is 0 Å². The number of sulfonamides is 1. The monoisotopic (exact) mass is 471 g/mol. The minimum atomic E-state index is -3.58. The van der Waals surface area contributed by atoms with Gasteiger partial charge in [-0.3, -0.25) is 19.5 Å². The van der Waals surface area contributed by atoms with Gasteiger partial charge in [0.25, 0.3) is 11.1 Å². The van der Waals surface area contributed by atoms with Crippen LogP contribution in [0, 0.1) is 0 Å². The van der Waals surface area contributed by atoms with Gasteiger partial charge in [-0.15, -0.1) is 0 Å². The first-order chi connectivity index (χ1) is 15.8. The van der Waals surface area contributed by atoms with E-state index in [-0.39, 0.29) is 29.3 Å². The van der Waals surface area contributed by atoms with Crippen LogP contribution in [0.25, 0.3) is 10.8 Å². The lowest BCUT2D eigenvalue weighted by Crippen LogP contribution is -2.46. The fraction of sp³-hybridized carbons (Fsp3) is 0.318. The Balaban J connectivity index is 1.40. The van der Waals surface area contributed by atoms with Gasteiger partial charge in [0.15, 0.2) is 0 Å². The molecule has 3 aromatic rings. The van der Waals surface area contributed by atoms with Crippen LogP contribution in [0.4, 0.5) is 5.69 Å². The number of carbonyl (C=O) groups is 1. The number of aryl methyl sites for hydroxylation is 1. The first kappa shape index (κ1) is 22.9. The summed E-state index contributed by atoms with van der Waals surface area (Å²) in [5.74, 6) is -0.370. The number of fused-ring (bicyclic) bond motifs is 1. The Hall–Kier alpha value is -3.28. The van der Waals surface area contributed by atoms with E-state index in [1.54, 1.807) is 24.3 Å². The first-order valence-corrected chi connectivity index (χ1v) is 12.0. The summed E-state index contributed by atoms with van der Waals surface area (Å²) < 4.78 is 28.2. The van der Waals surface area contributed by atoms with Crippen molar-refractivity contribution >= 4 is 32.4 Å². The van der Waals surface area contributed by atoms with Crippen LogP contribution in [0.5, 0.6) is 0 Å². The van der Waals surface area contributed by atoms with Gasteiger partial charge < -0.3 is 10.2 Å². The van der Waals surface area contributed by atoms with Crippen LogP contribution in [0.3, 0.4) is 0 Å². The van der Waals surface area contributed by atoms with Crippen molar-refractivity contribution in [2.75, 3.05) is 38.5 Å². The highest BCUT2D eigenvalue weighted by atomic mass is 32.2. The molecule has 0 bridgehead atoms. The molecule has 0 radical (unpaired) electrons. The topological polar surface area (TPSA) is 125 Å². The number of H-pyrrole nitrogens is 1. The van der Waals surface area contributed by atoms with Crippen LogP contribution in [0.2, 0.25) is 0 Å². The van der Waals surface area contributed by atoms with Gasteiger partial charge in [0, 0.05) is 38.3 Å². The van der Waals surface area contributed by atoms with Gasteiger partial charge >= 0.3 is 0 Å². The largest absolute Gasteiger partial charge is 0.326 e. The Morgan fingerprint density at radius 3 is 2.27 bits per heavy atom. The van der Waals surface area contributed by atoms with Crippen LogP contribution in [-0.2, 0) is 21.4 Å². The molecule has 1 aliphatic rings. The van der Waals surface area contributed by atoms with Gasteiger partial charge in [0.2, 0.25) is 15.9 Å². The number of likely N-dealkylation sites (N-methyl/N-ethyl adjacent to an activating group) is 1. The van der Waals surface area contributed by atoms with Crippen molar-refractivity contribution in [1.82, 2.24) is 19.0 Å². The smallest absolute Gasteiger partial charge is 0.273 e. The summed E-state index contributed by atoms with van der Waals surface area (Å²) in [6.07, 6.45) is -0.0461. The summed E-state index contributed by atoms with van der Waals surface area (Å²) in [6, 6.07) is 12.5. The zero-order chi connectivity index (χ0) is 23.6. The molecule has 2 N–H and O–H groups in total. The molecule has 1 amide bonds. The molecule has 4 rings (SSSR count). The number of amides is 1. The second kappa shape index (κ2) is 9.30. The number of piperazine rings is 1. The van der Waals surface area contributed by atoms with E-state index in [1.807, 2.05) is 7.05 Å². The highest BCUT2D eigenvalue weighted by molar-refractivity contribution is 7.89. The van der Waals surface area contributed by atoms with E-state index in [0.29, 0.717) is 42.6 Å². The fourth-order valence-electron chi connectivity index (χ4n) is 3.73. The number of anilines is 1. The Kier molecular flexibility index (Phi) is 6.45. The fourth-order valence-corrected chi connectivity index (χ4v) is 5.15. The number of benzene rings is 2. The van der Waals surface area contributed by atoms with E-state index in [2.05, 4.69) is 15.3 Å². The van der Waals surface area contributed by atoms with Gasteiger partial charge in [0.05, 0.1) is 22.2 Å². The normalized spacial score (nSPS) is 15.5. The number of hydrogen-bond donors (Lipinski definition) is 2. The van der Waals surface area contributed by atoms with Gasteiger partial charge in [-0.05, 0) is 43.4 Å². The molecule has 10 nitrogen and oxygen atoms in total. The zero-order valence-electron chi connectivity index (χ0n) is 18.2. The Labute approximate surface area is 190 Å². The summed E-state index contributed by atoms with van der Waals surface area (Å²) in [5.41, 5.74) is -0.337. The van der Waals surface area contributed by atoms with Crippen molar-refractivity contribution in [3.63, 3.8) is 0 Å². The van der Waals surface area contributed by atoms with Gasteiger partial charge in [-0.1, -0.05) is 12.1 Å². The van der Waals surface area contributed by atoms with Crippen LogP contribution in [0.15, 0.2) is 63.0 Å². The summed E-state index contributed by atoms with van der Waals surface area (Å²) in [4.78, 5) is 39.3. The highest BCUT2D eigenvalue weighted by Gasteiger charge is 2.27. The van der Waals surface area contributed by atoms with Gasteiger partial charge in [-0.25, -0.2) is 13.1 Å². The summed E-state index contributed by atoms with van der Waals surface area (Å²) in [5, 5.41) is 5.77. The van der Waals surface area contributed by atoms with E-state index in [0.717, 1.165) is 4.68 Å². The third kappa shape index (κ3) is 4.90. The van der Waals surface area contributed by atoms with Crippen LogP contribution >= 0.6 is 0 Å². The Morgan fingerprint density at radius 1 is 0.970 bits per heavy atom. The molecule has 1 saturated heterocycles. The number of nitrogens with zero attached hydrogens (tertiary/aromatic N) is 3. The van der Waals surface area contributed by atoms with Gasteiger partial charge in [0.1, 0.15) is 0 Å². The van der Waals surface area contributed by atoms with E-state index in [4.69, 9.17) is 0 Å². The van der Waals surface area contributed by atoms with Crippen LogP contribution in [-0.4, -0.2) is 66.5 Å².